The number of aliphatic hydroxyl groups is 1. The molecular weight excluding hydrogens is 321 g/mol. The van der Waals surface area contributed by atoms with Gasteiger partial charge in [0.05, 0.1) is 5.56 Å². The van der Waals surface area contributed by atoms with E-state index in [1.54, 1.807) is 6.07 Å². The fourth-order valence-corrected chi connectivity index (χ4v) is 2.65. The van der Waals surface area contributed by atoms with Gasteiger partial charge in [0, 0.05) is 25.1 Å². The van der Waals surface area contributed by atoms with E-state index in [1.165, 1.54) is 12.1 Å². The first-order valence-corrected chi connectivity index (χ1v) is 8.07. The van der Waals surface area contributed by atoms with Gasteiger partial charge in [-0.3, -0.25) is 0 Å². The Labute approximate surface area is 139 Å². The Hall–Kier alpha value is -1.76. The number of alkyl halides is 3. The highest BCUT2D eigenvalue weighted by molar-refractivity contribution is 5.74. The van der Waals surface area contributed by atoms with Crippen LogP contribution in [0.25, 0.3) is 0 Å². The van der Waals surface area contributed by atoms with Crippen molar-refractivity contribution in [3.63, 3.8) is 0 Å². The zero-order valence-corrected chi connectivity index (χ0v) is 13.6. The minimum Gasteiger partial charge on any atom is -0.396 e. The average Bonchev–Trinajstić information content (AvgIpc) is 3.32. The zero-order chi connectivity index (χ0) is 17.8. The van der Waals surface area contributed by atoms with E-state index < -0.39 is 17.2 Å². The van der Waals surface area contributed by atoms with Gasteiger partial charge in [-0.05, 0) is 36.8 Å². The molecule has 0 spiro atoms. The highest BCUT2D eigenvalue weighted by atomic mass is 19.4. The highest BCUT2D eigenvalue weighted by Crippen LogP contribution is 2.48. The summed E-state index contributed by atoms with van der Waals surface area (Å²) in [5.41, 5.74) is -0.435. The monoisotopic (exact) mass is 344 g/mol. The fourth-order valence-electron chi connectivity index (χ4n) is 2.65. The Bertz CT molecular complexity index is 571. The van der Waals surface area contributed by atoms with Crippen molar-refractivity contribution in [3.05, 3.63) is 35.4 Å². The van der Waals surface area contributed by atoms with Gasteiger partial charge in [0.25, 0.3) is 0 Å². The van der Waals surface area contributed by atoms with Crippen molar-refractivity contribution in [3.8, 4) is 0 Å². The van der Waals surface area contributed by atoms with Crippen molar-refractivity contribution >= 4 is 6.03 Å². The second kappa shape index (κ2) is 7.42. The average molecular weight is 344 g/mol. The molecule has 1 atom stereocenters. The molecule has 0 aliphatic heterocycles. The summed E-state index contributed by atoms with van der Waals surface area (Å²) in [5.74, 6) is 0.166. The normalized spacial score (nSPS) is 17.2. The third kappa shape index (κ3) is 4.87. The molecule has 24 heavy (non-hydrogen) atoms. The Kier molecular flexibility index (Phi) is 5.74. The van der Waals surface area contributed by atoms with E-state index in [-0.39, 0.29) is 18.6 Å². The lowest BCUT2D eigenvalue weighted by molar-refractivity contribution is -0.137. The molecule has 1 aromatic carbocycles. The Morgan fingerprint density at radius 3 is 2.62 bits per heavy atom. The summed E-state index contributed by atoms with van der Waals surface area (Å²) in [6.07, 6.45) is -2.24. The highest BCUT2D eigenvalue weighted by Gasteiger charge is 2.45. The zero-order valence-electron chi connectivity index (χ0n) is 13.6. The van der Waals surface area contributed by atoms with Crippen molar-refractivity contribution in [1.82, 2.24) is 10.6 Å². The molecule has 2 amide bonds. The molecule has 1 aromatic rings. The van der Waals surface area contributed by atoms with Gasteiger partial charge in [0.15, 0.2) is 0 Å². The van der Waals surface area contributed by atoms with E-state index in [0.29, 0.717) is 25.1 Å². The van der Waals surface area contributed by atoms with Crippen LogP contribution in [0, 0.1) is 5.92 Å². The summed E-state index contributed by atoms with van der Waals surface area (Å²) in [4.78, 5) is 11.8. The molecule has 0 saturated heterocycles. The van der Waals surface area contributed by atoms with Gasteiger partial charge in [-0.1, -0.05) is 25.1 Å². The molecule has 3 N–H and O–H groups in total. The van der Waals surface area contributed by atoms with Crippen LogP contribution in [0.5, 0.6) is 0 Å². The number of urea groups is 1. The van der Waals surface area contributed by atoms with E-state index in [0.717, 1.165) is 18.9 Å². The number of nitrogens with one attached hydrogen (secondary N) is 2. The lowest BCUT2D eigenvalue weighted by Crippen LogP contribution is -2.41. The second-order valence-corrected chi connectivity index (χ2v) is 6.54. The lowest BCUT2D eigenvalue weighted by Gasteiger charge is -2.19. The molecular formula is C17H23F3N2O2. The largest absolute Gasteiger partial charge is 0.416 e. The van der Waals surface area contributed by atoms with Crippen LogP contribution in [0.1, 0.15) is 37.3 Å². The molecule has 2 rings (SSSR count). The predicted molar refractivity (Wildman–Crippen MR) is 84.6 cm³/mol. The van der Waals surface area contributed by atoms with Crippen LogP contribution >= 0.6 is 0 Å². The van der Waals surface area contributed by atoms with Gasteiger partial charge in [-0.25, -0.2) is 4.79 Å². The van der Waals surface area contributed by atoms with Crippen molar-refractivity contribution in [2.24, 2.45) is 5.92 Å². The lowest BCUT2D eigenvalue weighted by atomic mass is 9.94. The number of halogens is 3. The van der Waals surface area contributed by atoms with Crippen LogP contribution in [-0.2, 0) is 11.6 Å². The number of amides is 2. The minimum absolute atomic E-state index is 0.0725. The van der Waals surface area contributed by atoms with Gasteiger partial charge in [-0.15, -0.1) is 0 Å². The van der Waals surface area contributed by atoms with Crippen molar-refractivity contribution < 1.29 is 23.1 Å². The molecule has 1 aliphatic carbocycles. The Morgan fingerprint density at radius 1 is 1.33 bits per heavy atom. The summed E-state index contributed by atoms with van der Waals surface area (Å²) in [6, 6.07) is 5.00. The third-order valence-electron chi connectivity index (χ3n) is 4.48. The molecule has 134 valence electrons. The molecule has 1 saturated carbocycles. The SMILES string of the molecule is CC(CCO)CNC(=O)NCC1(c2cccc(C(F)(F)F)c2)CC1. The topological polar surface area (TPSA) is 61.4 Å². The molecule has 1 fully saturated rings. The number of rotatable bonds is 7. The number of carbonyl (C=O) groups excluding carboxylic acids is 1. The smallest absolute Gasteiger partial charge is 0.396 e. The van der Waals surface area contributed by atoms with E-state index in [9.17, 15) is 18.0 Å². The van der Waals surface area contributed by atoms with Gasteiger partial charge in [0.2, 0.25) is 0 Å². The van der Waals surface area contributed by atoms with E-state index in [1.807, 2.05) is 6.92 Å². The van der Waals surface area contributed by atoms with Gasteiger partial charge in [-0.2, -0.15) is 13.2 Å². The van der Waals surface area contributed by atoms with Crippen molar-refractivity contribution in [2.75, 3.05) is 19.7 Å². The summed E-state index contributed by atoms with van der Waals surface area (Å²) in [7, 11) is 0. The number of benzene rings is 1. The maximum Gasteiger partial charge on any atom is 0.416 e. The second-order valence-electron chi connectivity index (χ2n) is 6.54. The molecule has 0 aromatic heterocycles. The molecule has 0 bridgehead atoms. The van der Waals surface area contributed by atoms with Crippen LogP contribution in [0.3, 0.4) is 0 Å². The van der Waals surface area contributed by atoms with Crippen LogP contribution < -0.4 is 10.6 Å². The maximum absolute atomic E-state index is 12.8. The quantitative estimate of drug-likeness (QED) is 0.712. The third-order valence-corrected chi connectivity index (χ3v) is 4.48. The molecule has 7 heteroatoms. The predicted octanol–water partition coefficient (Wildman–Crippen LogP) is 3.05. The summed E-state index contributed by atoms with van der Waals surface area (Å²) < 4.78 is 38.5. The Morgan fingerprint density at radius 2 is 2.04 bits per heavy atom. The summed E-state index contributed by atoms with van der Waals surface area (Å²) in [5, 5.41) is 14.3. The molecule has 4 nitrogen and oxygen atoms in total. The molecule has 0 radical (unpaired) electrons. The van der Waals surface area contributed by atoms with Crippen molar-refractivity contribution in [1.29, 1.82) is 0 Å². The van der Waals surface area contributed by atoms with Crippen LogP contribution in [0.4, 0.5) is 18.0 Å². The van der Waals surface area contributed by atoms with Crippen molar-refractivity contribution in [2.45, 2.75) is 37.8 Å². The van der Waals surface area contributed by atoms with Crippen LogP contribution in [-0.4, -0.2) is 30.8 Å². The number of aliphatic hydroxyl groups excluding tert-OH is 1. The first-order valence-electron chi connectivity index (χ1n) is 8.07. The van der Waals surface area contributed by atoms with Gasteiger partial charge < -0.3 is 15.7 Å². The van der Waals surface area contributed by atoms with Gasteiger partial charge >= 0.3 is 12.2 Å². The van der Waals surface area contributed by atoms with E-state index >= 15 is 0 Å². The van der Waals surface area contributed by atoms with E-state index in [4.69, 9.17) is 5.11 Å². The molecule has 0 heterocycles. The maximum atomic E-state index is 12.8. The van der Waals surface area contributed by atoms with Gasteiger partial charge in [0.1, 0.15) is 0 Å². The summed E-state index contributed by atoms with van der Waals surface area (Å²) in [6.45, 7) is 2.75. The fraction of sp³-hybridized carbons (Fsp3) is 0.588. The minimum atomic E-state index is -4.36. The Balaban J connectivity index is 1.90. The first kappa shape index (κ1) is 18.6. The first-order chi connectivity index (χ1) is 11.3. The number of carbonyl (C=O) groups is 1. The summed E-state index contributed by atoms with van der Waals surface area (Å²) >= 11 is 0. The molecule has 1 aliphatic rings. The standard InChI is InChI=1S/C17H23F3N2O2/c1-12(5-8-23)10-21-15(24)22-11-16(6-7-16)13-3-2-4-14(9-13)17(18,19)20/h2-4,9,12,23H,5-8,10-11H2,1H3,(H2,21,22,24). The van der Waals surface area contributed by atoms with E-state index in [2.05, 4.69) is 10.6 Å². The van der Waals surface area contributed by atoms with Crippen LogP contribution in [0.2, 0.25) is 0 Å². The molecule has 1 unspecified atom stereocenters. The number of hydrogen-bond donors (Lipinski definition) is 3. The number of hydrogen-bond acceptors (Lipinski definition) is 2. The van der Waals surface area contributed by atoms with Crippen LogP contribution in [0.15, 0.2) is 24.3 Å².